The average molecular weight is 298 g/mol. The van der Waals surface area contributed by atoms with E-state index in [-0.39, 0.29) is 6.54 Å². The molecule has 0 radical (unpaired) electrons. The molecule has 0 spiro atoms. The molecule has 0 fully saturated rings. The summed E-state index contributed by atoms with van der Waals surface area (Å²) in [6, 6.07) is 5.91. The van der Waals surface area contributed by atoms with Gasteiger partial charge in [-0.25, -0.2) is 9.18 Å². The van der Waals surface area contributed by atoms with Crippen molar-refractivity contribution in [2.75, 3.05) is 12.4 Å². The molecule has 1 heterocycles. The summed E-state index contributed by atoms with van der Waals surface area (Å²) >= 11 is 5.67. The van der Waals surface area contributed by atoms with Gasteiger partial charge in [-0.1, -0.05) is 11.6 Å². The van der Waals surface area contributed by atoms with Crippen molar-refractivity contribution in [1.29, 1.82) is 0 Å². The van der Waals surface area contributed by atoms with Crippen LogP contribution in [0.1, 0.15) is 21.9 Å². The summed E-state index contributed by atoms with van der Waals surface area (Å²) in [6.45, 7) is 1.91. The Balaban J connectivity index is 2.09. The van der Waals surface area contributed by atoms with Gasteiger partial charge in [-0.05, 0) is 31.2 Å². The summed E-state index contributed by atoms with van der Waals surface area (Å²) in [7, 11) is 1.30. The van der Waals surface area contributed by atoms with Gasteiger partial charge in [0.25, 0.3) is 0 Å². The maximum Gasteiger partial charge on any atom is 0.341 e. The summed E-state index contributed by atoms with van der Waals surface area (Å²) in [5.74, 6) is 0.0617. The number of nitrogens with one attached hydrogen (secondary N) is 1. The molecular weight excluding hydrogens is 285 g/mol. The maximum atomic E-state index is 13.6. The second-order valence-electron chi connectivity index (χ2n) is 4.15. The molecule has 6 heteroatoms. The van der Waals surface area contributed by atoms with Gasteiger partial charge in [0.1, 0.15) is 22.9 Å². The van der Waals surface area contributed by atoms with Gasteiger partial charge in [-0.2, -0.15) is 0 Å². The number of hydrogen-bond donors (Lipinski definition) is 1. The van der Waals surface area contributed by atoms with Gasteiger partial charge in [-0.3, -0.25) is 0 Å². The smallest absolute Gasteiger partial charge is 0.341 e. The van der Waals surface area contributed by atoms with E-state index in [0.717, 1.165) is 0 Å². The molecule has 4 nitrogen and oxygen atoms in total. The second-order valence-corrected chi connectivity index (χ2v) is 4.59. The highest BCUT2D eigenvalue weighted by atomic mass is 35.5. The van der Waals surface area contributed by atoms with Crippen molar-refractivity contribution in [3.63, 3.8) is 0 Å². The van der Waals surface area contributed by atoms with Crippen LogP contribution in [0.3, 0.4) is 0 Å². The quantitative estimate of drug-likeness (QED) is 0.873. The first-order valence-corrected chi connectivity index (χ1v) is 6.25. The molecule has 0 saturated heterocycles. The van der Waals surface area contributed by atoms with Crippen LogP contribution in [0.4, 0.5) is 10.1 Å². The summed E-state index contributed by atoms with van der Waals surface area (Å²) < 4.78 is 23.6. The highest BCUT2D eigenvalue weighted by Crippen LogP contribution is 2.21. The number of furan rings is 1. The van der Waals surface area contributed by atoms with Crippen LogP contribution in [-0.4, -0.2) is 13.1 Å². The molecule has 0 atom stereocenters. The second kappa shape index (κ2) is 5.96. The fraction of sp³-hybridized carbons (Fsp3) is 0.214. The third-order valence-electron chi connectivity index (χ3n) is 2.76. The fourth-order valence-corrected chi connectivity index (χ4v) is 1.92. The molecule has 1 aromatic carbocycles. The van der Waals surface area contributed by atoms with Crippen LogP contribution in [0.5, 0.6) is 0 Å². The van der Waals surface area contributed by atoms with Gasteiger partial charge in [-0.15, -0.1) is 0 Å². The number of hydrogen-bond acceptors (Lipinski definition) is 4. The third-order valence-corrected chi connectivity index (χ3v) is 2.99. The Bertz CT molecular complexity index is 639. The lowest BCUT2D eigenvalue weighted by Crippen LogP contribution is -2.02. The molecule has 1 N–H and O–H groups in total. The van der Waals surface area contributed by atoms with Crippen LogP contribution in [0.2, 0.25) is 5.02 Å². The molecule has 0 saturated carbocycles. The van der Waals surface area contributed by atoms with Gasteiger partial charge < -0.3 is 14.5 Å². The van der Waals surface area contributed by atoms with E-state index in [1.807, 2.05) is 0 Å². The Labute approximate surface area is 120 Å². The van der Waals surface area contributed by atoms with E-state index in [1.54, 1.807) is 19.1 Å². The molecular formula is C14H13ClFNO3. The zero-order valence-electron chi connectivity index (χ0n) is 11.0. The van der Waals surface area contributed by atoms with Gasteiger partial charge in [0.15, 0.2) is 0 Å². The van der Waals surface area contributed by atoms with E-state index in [0.29, 0.717) is 27.8 Å². The Morgan fingerprint density at radius 3 is 2.85 bits per heavy atom. The molecule has 20 heavy (non-hydrogen) atoms. The standard InChI is InChI=1S/C14H13ClFNO3/c1-8-11(14(18)19-2)6-10(20-8)7-17-13-4-3-9(15)5-12(13)16/h3-6,17H,7H2,1-2H3. The van der Waals surface area contributed by atoms with Gasteiger partial charge in [0, 0.05) is 5.02 Å². The summed E-state index contributed by atoms with van der Waals surface area (Å²) in [6.07, 6.45) is 0. The Kier molecular flexibility index (Phi) is 4.29. The Morgan fingerprint density at radius 1 is 1.45 bits per heavy atom. The van der Waals surface area contributed by atoms with Crippen LogP contribution < -0.4 is 5.32 Å². The molecule has 0 bridgehead atoms. The van der Waals surface area contributed by atoms with Crippen molar-refractivity contribution in [1.82, 2.24) is 0 Å². The largest absolute Gasteiger partial charge is 0.465 e. The number of ether oxygens (including phenoxy) is 1. The number of anilines is 1. The van der Waals surface area contributed by atoms with Crippen LogP contribution in [0, 0.1) is 12.7 Å². The highest BCUT2D eigenvalue weighted by molar-refractivity contribution is 6.30. The monoisotopic (exact) mass is 297 g/mol. The summed E-state index contributed by atoms with van der Waals surface area (Å²) in [4.78, 5) is 11.4. The fourth-order valence-electron chi connectivity index (χ4n) is 1.76. The van der Waals surface area contributed by atoms with E-state index < -0.39 is 11.8 Å². The minimum Gasteiger partial charge on any atom is -0.465 e. The van der Waals surface area contributed by atoms with Crippen molar-refractivity contribution in [3.8, 4) is 0 Å². The van der Waals surface area contributed by atoms with Crippen molar-refractivity contribution in [2.24, 2.45) is 0 Å². The first-order chi connectivity index (χ1) is 9.51. The van der Waals surface area contributed by atoms with Crippen molar-refractivity contribution in [2.45, 2.75) is 13.5 Å². The zero-order valence-corrected chi connectivity index (χ0v) is 11.8. The highest BCUT2D eigenvalue weighted by Gasteiger charge is 2.15. The number of benzene rings is 1. The predicted octanol–water partition coefficient (Wildman–Crippen LogP) is 3.78. The lowest BCUT2D eigenvalue weighted by atomic mass is 10.2. The maximum absolute atomic E-state index is 13.6. The number of esters is 1. The molecule has 106 valence electrons. The van der Waals surface area contributed by atoms with Gasteiger partial charge in [0.05, 0.1) is 19.3 Å². The van der Waals surface area contributed by atoms with E-state index in [2.05, 4.69) is 10.1 Å². The SMILES string of the molecule is COC(=O)c1cc(CNc2ccc(Cl)cc2F)oc1C. The van der Waals surface area contributed by atoms with Crippen molar-refractivity contribution in [3.05, 3.63) is 52.2 Å². The zero-order chi connectivity index (χ0) is 14.7. The first kappa shape index (κ1) is 14.4. The Morgan fingerprint density at radius 2 is 2.20 bits per heavy atom. The van der Waals surface area contributed by atoms with E-state index in [4.69, 9.17) is 16.0 Å². The minimum atomic E-state index is -0.463. The normalized spacial score (nSPS) is 10.4. The van der Waals surface area contributed by atoms with E-state index in [1.165, 1.54) is 19.2 Å². The van der Waals surface area contributed by atoms with Crippen molar-refractivity contribution < 1.29 is 18.3 Å². The van der Waals surface area contributed by atoms with Crippen LogP contribution in [-0.2, 0) is 11.3 Å². The molecule has 0 aliphatic carbocycles. The molecule has 0 aliphatic heterocycles. The van der Waals surface area contributed by atoms with E-state index >= 15 is 0 Å². The van der Waals surface area contributed by atoms with Gasteiger partial charge in [0.2, 0.25) is 0 Å². The molecule has 0 unspecified atom stereocenters. The minimum absolute atomic E-state index is 0.246. The number of methoxy groups -OCH3 is 1. The third kappa shape index (κ3) is 3.11. The number of aryl methyl sites for hydroxylation is 1. The lowest BCUT2D eigenvalue weighted by molar-refractivity contribution is 0.0599. The molecule has 0 aliphatic rings. The van der Waals surface area contributed by atoms with Crippen LogP contribution in [0.15, 0.2) is 28.7 Å². The molecule has 2 rings (SSSR count). The summed E-state index contributed by atoms with van der Waals surface area (Å²) in [5.41, 5.74) is 0.670. The average Bonchev–Trinajstić information content (AvgIpc) is 2.78. The van der Waals surface area contributed by atoms with Gasteiger partial charge >= 0.3 is 5.97 Å². The number of rotatable bonds is 4. The van der Waals surface area contributed by atoms with Crippen LogP contribution in [0.25, 0.3) is 0 Å². The molecule has 2 aromatic rings. The van der Waals surface area contributed by atoms with Crippen molar-refractivity contribution >= 4 is 23.3 Å². The predicted molar refractivity (Wildman–Crippen MR) is 73.5 cm³/mol. The van der Waals surface area contributed by atoms with Crippen LogP contribution >= 0.6 is 11.6 Å². The lowest BCUT2D eigenvalue weighted by Gasteiger charge is -2.05. The summed E-state index contributed by atoms with van der Waals surface area (Å²) in [5, 5.41) is 3.20. The molecule has 1 aromatic heterocycles. The number of carbonyl (C=O) groups excluding carboxylic acids is 1. The number of carbonyl (C=O) groups is 1. The van der Waals surface area contributed by atoms with E-state index in [9.17, 15) is 9.18 Å². The molecule has 0 amide bonds. The topological polar surface area (TPSA) is 51.5 Å². The Hall–Kier alpha value is -2.01. The number of halogens is 2. The first-order valence-electron chi connectivity index (χ1n) is 5.88.